The molecule has 0 radical (unpaired) electrons. The normalized spacial score (nSPS) is 22.2. The highest BCUT2D eigenvalue weighted by Crippen LogP contribution is 2.35. The van der Waals surface area contributed by atoms with Crippen LogP contribution in [-0.2, 0) is 11.2 Å². The lowest BCUT2D eigenvalue weighted by Gasteiger charge is -2.39. The van der Waals surface area contributed by atoms with Crippen molar-refractivity contribution in [2.45, 2.75) is 46.5 Å². The van der Waals surface area contributed by atoms with Gasteiger partial charge < -0.3 is 14.3 Å². The number of amides is 1. The number of aromatic nitrogens is 2. The van der Waals surface area contributed by atoms with Crippen LogP contribution in [0.5, 0.6) is 0 Å². The molecular weight excluding hydrogens is 364 g/mol. The van der Waals surface area contributed by atoms with Gasteiger partial charge in [0, 0.05) is 24.2 Å². The summed E-state index contributed by atoms with van der Waals surface area (Å²) in [6.45, 7) is 9.78. The lowest BCUT2D eigenvalue weighted by molar-refractivity contribution is -0.142. The molecule has 2 aliphatic heterocycles. The van der Waals surface area contributed by atoms with Gasteiger partial charge in [-0.3, -0.25) is 9.78 Å². The molecule has 0 aromatic carbocycles. The first-order chi connectivity index (χ1) is 13.9. The zero-order valence-corrected chi connectivity index (χ0v) is 18.1. The monoisotopic (exact) mass is 396 g/mol. The highest BCUT2D eigenvalue weighted by molar-refractivity contribution is 5.82. The van der Waals surface area contributed by atoms with Gasteiger partial charge in [0.1, 0.15) is 5.76 Å². The molecule has 2 aliphatic rings. The highest BCUT2D eigenvalue weighted by atomic mass is 16.5. The minimum Gasteiger partial charge on any atom is -0.361 e. The largest absolute Gasteiger partial charge is 0.361 e. The Hall–Kier alpha value is -2.21. The number of carbonyl (C=O) groups excluding carboxylic acids is 1. The minimum atomic E-state index is -0.192. The van der Waals surface area contributed by atoms with Crippen molar-refractivity contribution in [2.24, 2.45) is 11.3 Å². The van der Waals surface area contributed by atoms with E-state index in [0.717, 1.165) is 80.3 Å². The summed E-state index contributed by atoms with van der Waals surface area (Å²) < 4.78 is 5.30. The van der Waals surface area contributed by atoms with Gasteiger partial charge in [-0.1, -0.05) is 18.1 Å². The maximum atomic E-state index is 13.2. The second kappa shape index (κ2) is 7.90. The number of rotatable bonds is 4. The number of nitrogens with zero attached hydrogens (tertiary/aromatic N) is 4. The van der Waals surface area contributed by atoms with Gasteiger partial charge in [0.15, 0.2) is 0 Å². The first kappa shape index (κ1) is 20.1. The Bertz CT molecular complexity index is 863. The summed E-state index contributed by atoms with van der Waals surface area (Å²) in [6, 6.07) is 6.16. The Labute approximate surface area is 173 Å². The van der Waals surface area contributed by atoms with Crippen LogP contribution in [-0.4, -0.2) is 59.1 Å². The van der Waals surface area contributed by atoms with E-state index in [1.165, 1.54) is 0 Å². The molecule has 1 amide bonds. The minimum absolute atomic E-state index is 0.192. The van der Waals surface area contributed by atoms with Gasteiger partial charge in [-0.25, -0.2) is 0 Å². The summed E-state index contributed by atoms with van der Waals surface area (Å²) in [5, 5.41) is 4.05. The van der Waals surface area contributed by atoms with Crippen LogP contribution < -0.4 is 0 Å². The third kappa shape index (κ3) is 4.08. The summed E-state index contributed by atoms with van der Waals surface area (Å²) in [7, 11) is 2.14. The zero-order valence-electron chi connectivity index (χ0n) is 18.1. The average molecular weight is 397 g/mol. The maximum Gasteiger partial charge on any atom is 0.228 e. The van der Waals surface area contributed by atoms with E-state index in [2.05, 4.69) is 41.1 Å². The standard InChI is InChI=1S/C23H32N4O2/c1-16-21(17(2)29-25-16)20-7-5-6-19(24-20)14-18-8-11-27(15-18)22(28)23(3)9-12-26(4)13-10-23/h5-7,18H,8-15H2,1-4H3/t18-/m1/s1. The molecule has 0 bridgehead atoms. The Kier molecular flexibility index (Phi) is 5.47. The SMILES string of the molecule is Cc1noc(C)c1-c1cccc(C[C@H]2CCN(C(=O)C3(C)CCN(C)CC3)C2)n1. The van der Waals surface area contributed by atoms with Crippen molar-refractivity contribution in [3.8, 4) is 11.3 Å². The summed E-state index contributed by atoms with van der Waals surface area (Å²) >= 11 is 0. The predicted molar refractivity (Wildman–Crippen MR) is 112 cm³/mol. The van der Waals surface area contributed by atoms with Crippen LogP contribution in [0.2, 0.25) is 0 Å². The third-order valence-corrected chi connectivity index (χ3v) is 6.77. The van der Waals surface area contributed by atoms with E-state index < -0.39 is 0 Å². The van der Waals surface area contributed by atoms with Gasteiger partial charge in [-0.15, -0.1) is 0 Å². The topological polar surface area (TPSA) is 62.5 Å². The third-order valence-electron chi connectivity index (χ3n) is 6.77. The van der Waals surface area contributed by atoms with E-state index >= 15 is 0 Å². The predicted octanol–water partition coefficient (Wildman–Crippen LogP) is 3.48. The number of pyridine rings is 1. The van der Waals surface area contributed by atoms with E-state index in [0.29, 0.717) is 11.8 Å². The van der Waals surface area contributed by atoms with Crippen LogP contribution in [0.4, 0.5) is 0 Å². The summed E-state index contributed by atoms with van der Waals surface area (Å²) in [6.07, 6.45) is 3.88. The van der Waals surface area contributed by atoms with Crippen LogP contribution >= 0.6 is 0 Å². The Morgan fingerprint density at radius 2 is 2.00 bits per heavy atom. The second-order valence-corrected chi connectivity index (χ2v) is 9.19. The molecule has 0 N–H and O–H groups in total. The fourth-order valence-corrected chi connectivity index (χ4v) is 4.77. The van der Waals surface area contributed by atoms with Crippen LogP contribution in [0.1, 0.15) is 43.3 Å². The zero-order chi connectivity index (χ0) is 20.6. The first-order valence-corrected chi connectivity index (χ1v) is 10.7. The fraction of sp³-hybridized carbons (Fsp3) is 0.609. The molecule has 2 saturated heterocycles. The van der Waals surface area contributed by atoms with Gasteiger partial charge >= 0.3 is 0 Å². The molecule has 156 valence electrons. The van der Waals surface area contributed by atoms with Crippen molar-refractivity contribution < 1.29 is 9.32 Å². The molecule has 0 aliphatic carbocycles. The smallest absolute Gasteiger partial charge is 0.228 e. The van der Waals surface area contributed by atoms with Gasteiger partial charge in [0.25, 0.3) is 0 Å². The van der Waals surface area contributed by atoms with E-state index in [4.69, 9.17) is 9.51 Å². The van der Waals surface area contributed by atoms with Crippen molar-refractivity contribution >= 4 is 5.91 Å². The number of likely N-dealkylation sites (tertiary alicyclic amines) is 2. The highest BCUT2D eigenvalue weighted by Gasteiger charge is 2.40. The Balaban J connectivity index is 1.41. The molecule has 2 fully saturated rings. The van der Waals surface area contributed by atoms with Crippen molar-refractivity contribution in [1.82, 2.24) is 19.9 Å². The maximum absolute atomic E-state index is 13.2. The average Bonchev–Trinajstić information content (AvgIpc) is 3.30. The molecule has 4 rings (SSSR count). The molecule has 1 atom stereocenters. The quantitative estimate of drug-likeness (QED) is 0.792. The van der Waals surface area contributed by atoms with Crippen molar-refractivity contribution in [1.29, 1.82) is 0 Å². The van der Waals surface area contributed by atoms with Crippen LogP contribution in [0.3, 0.4) is 0 Å². The van der Waals surface area contributed by atoms with Crippen molar-refractivity contribution in [2.75, 3.05) is 33.2 Å². The van der Waals surface area contributed by atoms with Gasteiger partial charge in [0.05, 0.1) is 17.0 Å². The van der Waals surface area contributed by atoms with Crippen LogP contribution in [0.15, 0.2) is 22.7 Å². The van der Waals surface area contributed by atoms with Crippen molar-refractivity contribution in [3.63, 3.8) is 0 Å². The number of aryl methyl sites for hydroxylation is 2. The second-order valence-electron chi connectivity index (χ2n) is 9.19. The van der Waals surface area contributed by atoms with Gasteiger partial charge in [-0.2, -0.15) is 0 Å². The first-order valence-electron chi connectivity index (χ1n) is 10.7. The molecule has 0 saturated carbocycles. The van der Waals surface area contributed by atoms with Crippen LogP contribution in [0, 0.1) is 25.2 Å². The molecule has 0 unspecified atom stereocenters. The summed E-state index contributed by atoms with van der Waals surface area (Å²) in [5.74, 6) is 1.63. The Morgan fingerprint density at radius 3 is 2.69 bits per heavy atom. The summed E-state index contributed by atoms with van der Waals surface area (Å²) in [4.78, 5) is 22.5. The molecule has 6 heteroatoms. The lowest BCUT2D eigenvalue weighted by atomic mass is 9.79. The fourth-order valence-electron chi connectivity index (χ4n) is 4.77. The Morgan fingerprint density at radius 1 is 1.24 bits per heavy atom. The van der Waals surface area contributed by atoms with E-state index in [9.17, 15) is 4.79 Å². The summed E-state index contributed by atoms with van der Waals surface area (Å²) in [5.41, 5.74) is 3.67. The molecule has 29 heavy (non-hydrogen) atoms. The molecular formula is C23H32N4O2. The molecule has 6 nitrogen and oxygen atoms in total. The lowest BCUT2D eigenvalue weighted by Crippen LogP contribution is -2.47. The van der Waals surface area contributed by atoms with Gasteiger partial charge in [-0.05, 0) is 77.7 Å². The van der Waals surface area contributed by atoms with Gasteiger partial charge in [0.2, 0.25) is 5.91 Å². The van der Waals surface area contributed by atoms with Crippen LogP contribution in [0.25, 0.3) is 11.3 Å². The van der Waals surface area contributed by atoms with E-state index in [1.807, 2.05) is 19.9 Å². The number of carbonyl (C=O) groups is 1. The molecule has 2 aromatic heterocycles. The number of hydrogen-bond donors (Lipinski definition) is 0. The molecule has 4 heterocycles. The molecule has 0 spiro atoms. The molecule has 2 aromatic rings. The van der Waals surface area contributed by atoms with Crippen molar-refractivity contribution in [3.05, 3.63) is 35.3 Å². The number of piperidine rings is 1. The van der Waals surface area contributed by atoms with E-state index in [-0.39, 0.29) is 5.41 Å². The van der Waals surface area contributed by atoms with E-state index in [1.54, 1.807) is 0 Å². The number of hydrogen-bond acceptors (Lipinski definition) is 5.